The van der Waals surface area contributed by atoms with E-state index in [0.717, 1.165) is 44.5 Å². The smallest absolute Gasteiger partial charge is 0.283 e. The summed E-state index contributed by atoms with van der Waals surface area (Å²) in [5.41, 5.74) is 1.34. The van der Waals surface area contributed by atoms with Gasteiger partial charge in [-0.15, -0.1) is 11.3 Å². The average molecular weight is 388 g/mol. The van der Waals surface area contributed by atoms with Crippen molar-refractivity contribution in [2.24, 2.45) is 5.92 Å². The molecule has 0 atom stereocenters. The van der Waals surface area contributed by atoms with Crippen molar-refractivity contribution in [1.29, 1.82) is 0 Å². The van der Waals surface area contributed by atoms with Gasteiger partial charge in [-0.05, 0) is 56.2 Å². The molecule has 2 heterocycles. The van der Waals surface area contributed by atoms with E-state index in [4.69, 9.17) is 4.74 Å². The molecule has 3 rings (SSSR count). The second kappa shape index (κ2) is 8.52. The number of likely N-dealkylation sites (tertiary alicyclic amines) is 1. The molecule has 0 unspecified atom stereocenters. The van der Waals surface area contributed by atoms with Gasteiger partial charge in [0, 0.05) is 19.2 Å². The van der Waals surface area contributed by atoms with Gasteiger partial charge < -0.3 is 9.64 Å². The molecule has 0 saturated carbocycles. The van der Waals surface area contributed by atoms with E-state index in [1.807, 2.05) is 17.0 Å². The van der Waals surface area contributed by atoms with Crippen molar-refractivity contribution >= 4 is 22.9 Å². The highest BCUT2D eigenvalue weighted by atomic mass is 32.1. The number of methoxy groups -OCH3 is 1. The number of amides is 1. The van der Waals surface area contributed by atoms with E-state index in [2.05, 4.69) is 12.1 Å². The van der Waals surface area contributed by atoms with Gasteiger partial charge in [0.05, 0.1) is 21.8 Å². The molecule has 7 heteroatoms. The van der Waals surface area contributed by atoms with Gasteiger partial charge >= 0.3 is 0 Å². The highest BCUT2D eigenvalue weighted by Crippen LogP contribution is 2.30. The Balaban J connectivity index is 1.50. The number of rotatable bonds is 6. The Morgan fingerprint density at radius 1 is 1.30 bits per heavy atom. The molecule has 0 aliphatic carbocycles. The van der Waals surface area contributed by atoms with Gasteiger partial charge in [0.2, 0.25) is 0 Å². The van der Waals surface area contributed by atoms with Crippen LogP contribution in [0.15, 0.2) is 30.3 Å². The van der Waals surface area contributed by atoms with Crippen LogP contribution in [0.5, 0.6) is 5.75 Å². The number of ether oxygens (including phenoxy) is 1. The molecule has 1 amide bonds. The normalized spacial score (nSPS) is 15.0. The van der Waals surface area contributed by atoms with E-state index in [9.17, 15) is 14.9 Å². The van der Waals surface area contributed by atoms with Gasteiger partial charge in [-0.1, -0.05) is 12.1 Å². The zero-order valence-corrected chi connectivity index (χ0v) is 16.5. The molecule has 1 saturated heterocycles. The maximum Gasteiger partial charge on any atom is 0.283 e. The Morgan fingerprint density at radius 3 is 2.52 bits per heavy atom. The molecule has 1 aliphatic rings. The van der Waals surface area contributed by atoms with Crippen LogP contribution in [0, 0.1) is 23.0 Å². The third-order valence-electron chi connectivity index (χ3n) is 5.20. The topological polar surface area (TPSA) is 72.7 Å². The molecule has 1 fully saturated rings. The molecule has 0 spiro atoms. The van der Waals surface area contributed by atoms with Crippen LogP contribution in [0.3, 0.4) is 0 Å². The standard InChI is InChI=1S/C20H24N2O4S/c1-14-18(22(24)25)13-19(27-14)20(23)21-11-9-16(10-12-21)4-3-15-5-7-17(26-2)8-6-15/h5-8,13,16H,3-4,9-12H2,1-2H3. The Kier molecular flexibility index (Phi) is 6.11. The Morgan fingerprint density at radius 2 is 1.96 bits per heavy atom. The summed E-state index contributed by atoms with van der Waals surface area (Å²) in [4.78, 5) is 26.1. The largest absolute Gasteiger partial charge is 0.497 e. The lowest BCUT2D eigenvalue weighted by Gasteiger charge is -2.31. The van der Waals surface area contributed by atoms with E-state index in [1.54, 1.807) is 14.0 Å². The number of thiophene rings is 1. The van der Waals surface area contributed by atoms with Gasteiger partial charge in [0.25, 0.3) is 11.6 Å². The Hall–Kier alpha value is -2.41. The third-order valence-corrected chi connectivity index (χ3v) is 6.23. The van der Waals surface area contributed by atoms with Crippen LogP contribution in [-0.4, -0.2) is 35.9 Å². The molecule has 1 aromatic carbocycles. The predicted octanol–water partition coefficient (Wildman–Crippen LogP) is 4.46. The fourth-order valence-electron chi connectivity index (χ4n) is 3.50. The van der Waals surface area contributed by atoms with Crippen molar-refractivity contribution in [3.05, 3.63) is 55.8 Å². The van der Waals surface area contributed by atoms with Crippen LogP contribution < -0.4 is 4.74 Å². The quantitative estimate of drug-likeness (QED) is 0.541. The number of nitro groups is 1. The molecule has 0 radical (unpaired) electrons. The van der Waals surface area contributed by atoms with E-state index in [0.29, 0.717) is 15.7 Å². The van der Waals surface area contributed by atoms with Crippen LogP contribution in [0.1, 0.15) is 39.4 Å². The lowest BCUT2D eigenvalue weighted by molar-refractivity contribution is -0.385. The monoisotopic (exact) mass is 388 g/mol. The Bertz CT molecular complexity index is 808. The molecular formula is C20H24N2O4S. The van der Waals surface area contributed by atoms with Crippen LogP contribution in [0.2, 0.25) is 0 Å². The van der Waals surface area contributed by atoms with Gasteiger partial charge in [-0.2, -0.15) is 0 Å². The number of hydrogen-bond donors (Lipinski definition) is 0. The van der Waals surface area contributed by atoms with E-state index < -0.39 is 4.92 Å². The highest BCUT2D eigenvalue weighted by molar-refractivity contribution is 7.14. The zero-order chi connectivity index (χ0) is 19.4. The van der Waals surface area contributed by atoms with Gasteiger partial charge in [0.15, 0.2) is 0 Å². The van der Waals surface area contributed by atoms with Crippen LogP contribution in [-0.2, 0) is 6.42 Å². The second-order valence-electron chi connectivity index (χ2n) is 6.93. The molecule has 0 bridgehead atoms. The number of piperidine rings is 1. The van der Waals surface area contributed by atoms with Crippen LogP contribution in [0.4, 0.5) is 5.69 Å². The summed E-state index contributed by atoms with van der Waals surface area (Å²) in [6.45, 7) is 3.12. The summed E-state index contributed by atoms with van der Waals surface area (Å²) in [6.07, 6.45) is 4.10. The van der Waals surface area contributed by atoms with Crippen molar-refractivity contribution in [1.82, 2.24) is 4.90 Å². The van der Waals surface area contributed by atoms with Crippen molar-refractivity contribution in [2.75, 3.05) is 20.2 Å². The molecule has 6 nitrogen and oxygen atoms in total. The summed E-state index contributed by atoms with van der Waals surface area (Å²) in [5.74, 6) is 1.40. The molecule has 2 aromatic rings. The molecule has 144 valence electrons. The minimum Gasteiger partial charge on any atom is -0.497 e. The minimum absolute atomic E-state index is 0.0396. The maximum absolute atomic E-state index is 12.6. The molecular weight excluding hydrogens is 364 g/mol. The van der Waals surface area contributed by atoms with Gasteiger partial charge in [-0.3, -0.25) is 14.9 Å². The number of carbonyl (C=O) groups excluding carboxylic acids is 1. The van der Waals surface area contributed by atoms with Gasteiger partial charge in [0.1, 0.15) is 5.75 Å². The summed E-state index contributed by atoms with van der Waals surface area (Å²) in [5, 5.41) is 11.0. The number of aryl methyl sites for hydroxylation is 2. The molecule has 0 N–H and O–H groups in total. The van der Waals surface area contributed by atoms with Crippen LogP contribution >= 0.6 is 11.3 Å². The predicted molar refractivity (Wildman–Crippen MR) is 106 cm³/mol. The van der Waals surface area contributed by atoms with Gasteiger partial charge in [-0.25, -0.2) is 0 Å². The van der Waals surface area contributed by atoms with Crippen LogP contribution in [0.25, 0.3) is 0 Å². The fourth-order valence-corrected chi connectivity index (χ4v) is 4.46. The highest BCUT2D eigenvalue weighted by Gasteiger charge is 2.27. The molecule has 1 aromatic heterocycles. The first-order valence-electron chi connectivity index (χ1n) is 9.15. The molecule has 27 heavy (non-hydrogen) atoms. The van der Waals surface area contributed by atoms with E-state index in [1.165, 1.54) is 23.0 Å². The third kappa shape index (κ3) is 4.66. The average Bonchev–Trinajstić information content (AvgIpc) is 3.08. The van der Waals surface area contributed by atoms with E-state index in [-0.39, 0.29) is 11.6 Å². The molecule has 1 aliphatic heterocycles. The van der Waals surface area contributed by atoms with Crippen molar-refractivity contribution in [3.63, 3.8) is 0 Å². The summed E-state index contributed by atoms with van der Waals surface area (Å²) in [6, 6.07) is 9.59. The SMILES string of the molecule is COc1ccc(CCC2CCN(C(=O)c3cc([N+](=O)[O-])c(C)s3)CC2)cc1. The number of carbonyl (C=O) groups is 1. The first-order chi connectivity index (χ1) is 13.0. The minimum atomic E-state index is -0.423. The lowest BCUT2D eigenvalue weighted by Crippen LogP contribution is -2.38. The van der Waals surface area contributed by atoms with Crippen molar-refractivity contribution in [2.45, 2.75) is 32.6 Å². The number of nitrogens with zero attached hydrogens (tertiary/aromatic N) is 2. The summed E-state index contributed by atoms with van der Waals surface area (Å²) < 4.78 is 5.18. The summed E-state index contributed by atoms with van der Waals surface area (Å²) in [7, 11) is 1.67. The fraction of sp³-hybridized carbons (Fsp3) is 0.450. The number of benzene rings is 1. The van der Waals surface area contributed by atoms with E-state index >= 15 is 0 Å². The Labute approximate surface area is 162 Å². The van der Waals surface area contributed by atoms with Crippen molar-refractivity contribution in [3.8, 4) is 5.75 Å². The lowest BCUT2D eigenvalue weighted by atomic mass is 9.90. The maximum atomic E-state index is 12.6. The second-order valence-corrected chi connectivity index (χ2v) is 8.19. The zero-order valence-electron chi connectivity index (χ0n) is 15.6. The van der Waals surface area contributed by atoms with Crippen molar-refractivity contribution < 1.29 is 14.5 Å². The first kappa shape index (κ1) is 19.4. The first-order valence-corrected chi connectivity index (χ1v) is 9.96. The summed E-state index contributed by atoms with van der Waals surface area (Å²) >= 11 is 1.21. The number of hydrogen-bond acceptors (Lipinski definition) is 5.